The van der Waals surface area contributed by atoms with Crippen molar-refractivity contribution in [3.63, 3.8) is 0 Å². The maximum absolute atomic E-state index is 13.2. The Labute approximate surface area is 187 Å². The first-order chi connectivity index (χ1) is 15.8. The Hall–Kier alpha value is -4.34. The highest BCUT2D eigenvalue weighted by Gasteiger charge is 2.30. The van der Waals surface area contributed by atoms with Crippen LogP contribution in [-0.4, -0.2) is 38.3 Å². The van der Waals surface area contributed by atoms with Crippen LogP contribution in [0.4, 0.5) is 5.69 Å². The fourth-order valence-electron chi connectivity index (χ4n) is 3.98. The summed E-state index contributed by atoms with van der Waals surface area (Å²) < 4.78 is 1.26. The molecule has 168 valence electrons. The van der Waals surface area contributed by atoms with Crippen molar-refractivity contribution in [2.75, 3.05) is 5.32 Å². The van der Waals surface area contributed by atoms with Gasteiger partial charge in [-0.05, 0) is 37.1 Å². The number of benzene rings is 2. The maximum atomic E-state index is 13.2. The first-order valence-corrected chi connectivity index (χ1v) is 10.2. The van der Waals surface area contributed by atoms with E-state index in [4.69, 9.17) is 0 Å². The van der Waals surface area contributed by atoms with Crippen LogP contribution in [0.25, 0.3) is 10.9 Å². The number of imide groups is 1. The predicted molar refractivity (Wildman–Crippen MR) is 118 cm³/mol. The zero-order chi connectivity index (χ0) is 23.7. The summed E-state index contributed by atoms with van der Waals surface area (Å²) in [6, 6.07) is 10.1. The van der Waals surface area contributed by atoms with Crippen molar-refractivity contribution in [2.24, 2.45) is 0 Å². The molecule has 1 aromatic heterocycles. The van der Waals surface area contributed by atoms with E-state index in [0.29, 0.717) is 11.3 Å². The fourth-order valence-corrected chi connectivity index (χ4v) is 3.98. The molecule has 3 amide bonds. The lowest BCUT2D eigenvalue weighted by Crippen LogP contribution is -2.45. The van der Waals surface area contributed by atoms with Gasteiger partial charge >= 0.3 is 5.97 Å². The van der Waals surface area contributed by atoms with E-state index in [0.717, 1.165) is 0 Å². The summed E-state index contributed by atoms with van der Waals surface area (Å²) in [5, 5.41) is 14.5. The molecule has 1 unspecified atom stereocenters. The molecule has 1 saturated heterocycles. The van der Waals surface area contributed by atoms with Crippen molar-refractivity contribution < 1.29 is 24.3 Å². The molecule has 1 fully saturated rings. The van der Waals surface area contributed by atoms with Gasteiger partial charge in [0.1, 0.15) is 17.4 Å². The zero-order valence-corrected chi connectivity index (χ0v) is 17.6. The summed E-state index contributed by atoms with van der Waals surface area (Å²) in [7, 11) is 0. The van der Waals surface area contributed by atoms with Crippen molar-refractivity contribution in [3.8, 4) is 0 Å². The van der Waals surface area contributed by atoms with Crippen molar-refractivity contribution in [1.82, 2.24) is 14.9 Å². The van der Waals surface area contributed by atoms with Crippen LogP contribution in [0.2, 0.25) is 0 Å². The quantitative estimate of drug-likeness (QED) is 0.502. The molecule has 0 bridgehead atoms. The van der Waals surface area contributed by atoms with Gasteiger partial charge < -0.3 is 10.4 Å². The van der Waals surface area contributed by atoms with Gasteiger partial charge in [-0.25, -0.2) is 9.78 Å². The minimum Gasteiger partial charge on any atom is -0.478 e. The normalized spacial score (nSPS) is 15.8. The van der Waals surface area contributed by atoms with Crippen molar-refractivity contribution >= 4 is 40.3 Å². The number of piperidine rings is 1. The Morgan fingerprint density at radius 2 is 1.91 bits per heavy atom. The molecule has 0 spiro atoms. The van der Waals surface area contributed by atoms with Crippen LogP contribution < -0.4 is 16.2 Å². The van der Waals surface area contributed by atoms with E-state index >= 15 is 0 Å². The number of aromatic nitrogens is 2. The summed E-state index contributed by atoms with van der Waals surface area (Å²) in [4.78, 5) is 65.5. The molecule has 0 radical (unpaired) electrons. The molecule has 2 heterocycles. The number of carboxylic acid groups (broad SMARTS) is 1. The number of anilines is 1. The Morgan fingerprint density at radius 3 is 2.64 bits per heavy atom. The van der Waals surface area contributed by atoms with E-state index in [-0.39, 0.29) is 47.5 Å². The highest BCUT2D eigenvalue weighted by molar-refractivity contribution is 6.02. The molecular formula is C23H20N4O6. The number of carboxylic acids is 1. The van der Waals surface area contributed by atoms with E-state index in [9.17, 15) is 29.1 Å². The highest BCUT2D eigenvalue weighted by atomic mass is 16.4. The van der Waals surface area contributed by atoms with Gasteiger partial charge in [0.05, 0.1) is 23.1 Å². The molecule has 33 heavy (non-hydrogen) atoms. The third-order valence-electron chi connectivity index (χ3n) is 5.50. The van der Waals surface area contributed by atoms with Gasteiger partial charge in [0.25, 0.3) is 5.56 Å². The molecule has 0 saturated carbocycles. The van der Waals surface area contributed by atoms with Crippen LogP contribution in [0, 0.1) is 6.92 Å². The average Bonchev–Trinajstić information content (AvgIpc) is 2.76. The number of aromatic carboxylic acids is 1. The number of amides is 3. The summed E-state index contributed by atoms with van der Waals surface area (Å²) in [5.74, 6) is -2.27. The number of nitrogens with zero attached hydrogens (tertiary/aromatic N) is 2. The van der Waals surface area contributed by atoms with Gasteiger partial charge in [-0.1, -0.05) is 24.3 Å². The van der Waals surface area contributed by atoms with E-state index < -0.39 is 29.4 Å². The van der Waals surface area contributed by atoms with Gasteiger partial charge in [-0.15, -0.1) is 0 Å². The first kappa shape index (κ1) is 21.9. The Bertz CT molecular complexity index is 1380. The van der Waals surface area contributed by atoms with Gasteiger partial charge in [0.15, 0.2) is 0 Å². The topological polar surface area (TPSA) is 147 Å². The summed E-state index contributed by atoms with van der Waals surface area (Å²) in [6.07, 6.45) is 0.136. The molecule has 10 heteroatoms. The number of nitrogens with one attached hydrogen (secondary N) is 2. The number of hydrogen-bond donors (Lipinski definition) is 3. The molecule has 10 nitrogen and oxygen atoms in total. The lowest BCUT2D eigenvalue weighted by molar-refractivity contribution is -0.135. The molecule has 1 aliphatic rings. The Balaban J connectivity index is 1.67. The van der Waals surface area contributed by atoms with Crippen molar-refractivity contribution in [3.05, 3.63) is 69.8 Å². The van der Waals surface area contributed by atoms with Crippen LogP contribution in [0.3, 0.4) is 0 Å². The predicted octanol–water partition coefficient (Wildman–Crippen LogP) is 1.56. The standard InChI is InChI=1S/C23H20N4O6/c1-12-24-20-15(22(31)27(12)17-9-10-18(28)26-21(17)30)7-4-8-16(20)25-19(29)11-13-5-2-3-6-14(13)23(32)33/h2-8,17H,9-11H2,1H3,(H,25,29)(H,32,33)(H,26,28,30). The van der Waals surface area contributed by atoms with Crippen LogP contribution in [0.1, 0.15) is 40.6 Å². The Kier molecular flexibility index (Phi) is 5.74. The molecule has 1 aliphatic heterocycles. The van der Waals surface area contributed by atoms with Crippen LogP contribution in [0.15, 0.2) is 47.3 Å². The largest absolute Gasteiger partial charge is 0.478 e. The number of para-hydroxylation sites is 1. The maximum Gasteiger partial charge on any atom is 0.335 e. The minimum atomic E-state index is -1.13. The van der Waals surface area contributed by atoms with Gasteiger partial charge in [0.2, 0.25) is 17.7 Å². The molecule has 2 aromatic carbocycles. The van der Waals surface area contributed by atoms with Crippen LogP contribution in [-0.2, 0) is 20.8 Å². The molecule has 0 aliphatic carbocycles. The zero-order valence-electron chi connectivity index (χ0n) is 17.6. The second kappa shape index (κ2) is 8.65. The Morgan fingerprint density at radius 1 is 1.15 bits per heavy atom. The summed E-state index contributed by atoms with van der Waals surface area (Å²) in [5.41, 5.74) is 0.474. The van der Waals surface area contributed by atoms with E-state index in [2.05, 4.69) is 15.6 Å². The number of fused-ring (bicyclic) bond motifs is 1. The lowest BCUT2D eigenvalue weighted by atomic mass is 10.0. The van der Waals surface area contributed by atoms with Gasteiger partial charge in [0, 0.05) is 6.42 Å². The van der Waals surface area contributed by atoms with E-state index in [1.165, 1.54) is 10.6 Å². The third-order valence-corrected chi connectivity index (χ3v) is 5.50. The first-order valence-electron chi connectivity index (χ1n) is 10.2. The van der Waals surface area contributed by atoms with Crippen LogP contribution >= 0.6 is 0 Å². The molecule has 1 atom stereocenters. The van der Waals surface area contributed by atoms with Gasteiger partial charge in [-0.3, -0.25) is 29.1 Å². The minimum absolute atomic E-state index is 0.0339. The number of rotatable bonds is 5. The lowest BCUT2D eigenvalue weighted by Gasteiger charge is -2.24. The molecule has 3 aromatic rings. The number of aryl methyl sites for hydroxylation is 1. The second-order valence-corrected chi connectivity index (χ2v) is 7.69. The smallest absolute Gasteiger partial charge is 0.335 e. The van der Waals surface area contributed by atoms with E-state index in [1.807, 2.05) is 0 Å². The van der Waals surface area contributed by atoms with Gasteiger partial charge in [-0.2, -0.15) is 0 Å². The number of hydrogen-bond acceptors (Lipinski definition) is 6. The number of carbonyl (C=O) groups excluding carboxylic acids is 3. The van der Waals surface area contributed by atoms with Crippen molar-refractivity contribution in [1.29, 1.82) is 0 Å². The molecule has 4 rings (SSSR count). The van der Waals surface area contributed by atoms with Crippen LogP contribution in [0.5, 0.6) is 0 Å². The molecule has 3 N–H and O–H groups in total. The monoisotopic (exact) mass is 448 g/mol. The summed E-state index contributed by atoms with van der Waals surface area (Å²) in [6.45, 7) is 1.58. The SMILES string of the molecule is Cc1nc2c(NC(=O)Cc3ccccc3C(=O)O)cccc2c(=O)n1C1CCC(=O)NC1=O. The average molecular weight is 448 g/mol. The van der Waals surface area contributed by atoms with Crippen molar-refractivity contribution in [2.45, 2.75) is 32.2 Å². The molecular weight excluding hydrogens is 428 g/mol. The number of carbonyl (C=O) groups is 4. The highest BCUT2D eigenvalue weighted by Crippen LogP contribution is 2.23. The third kappa shape index (κ3) is 4.22. The fraction of sp³-hybridized carbons (Fsp3) is 0.217. The second-order valence-electron chi connectivity index (χ2n) is 7.69. The van der Waals surface area contributed by atoms with E-state index in [1.54, 1.807) is 43.3 Å². The summed E-state index contributed by atoms with van der Waals surface area (Å²) >= 11 is 0.